The second-order valence-corrected chi connectivity index (χ2v) is 5.92. The average Bonchev–Trinajstić information content (AvgIpc) is 2.50. The van der Waals surface area contributed by atoms with Crippen molar-refractivity contribution in [2.75, 3.05) is 11.9 Å². The van der Waals surface area contributed by atoms with E-state index >= 15 is 0 Å². The van der Waals surface area contributed by atoms with Gasteiger partial charge in [0.05, 0.1) is 12.2 Å². The first-order valence-electron chi connectivity index (χ1n) is 6.70. The standard InChI is InChI=1S/C16H15IN2O2S/c1-2-21-12-9-7-11(8-10-12)18-16(22)19-15(20)13-5-3-4-6-14(13)17/h3-10H,2H2,1H3,(H2,18,19,20,22). The van der Waals surface area contributed by atoms with E-state index in [-0.39, 0.29) is 11.0 Å². The van der Waals surface area contributed by atoms with Crippen LogP contribution in [0.1, 0.15) is 17.3 Å². The molecule has 1 amide bonds. The van der Waals surface area contributed by atoms with Crippen LogP contribution < -0.4 is 15.4 Å². The molecule has 0 aliphatic heterocycles. The van der Waals surface area contributed by atoms with Gasteiger partial charge in [-0.1, -0.05) is 12.1 Å². The van der Waals surface area contributed by atoms with Crippen molar-refractivity contribution in [3.8, 4) is 5.75 Å². The number of ether oxygens (including phenoxy) is 1. The first kappa shape index (κ1) is 16.7. The first-order valence-corrected chi connectivity index (χ1v) is 8.18. The lowest BCUT2D eigenvalue weighted by Gasteiger charge is -2.11. The number of anilines is 1. The molecule has 0 heterocycles. The molecule has 114 valence electrons. The molecule has 2 aromatic carbocycles. The summed E-state index contributed by atoms with van der Waals surface area (Å²) < 4.78 is 6.25. The zero-order chi connectivity index (χ0) is 15.9. The van der Waals surface area contributed by atoms with Gasteiger partial charge in [0.25, 0.3) is 5.91 Å². The Morgan fingerprint density at radius 1 is 1.18 bits per heavy atom. The third kappa shape index (κ3) is 4.67. The first-order chi connectivity index (χ1) is 10.6. The fourth-order valence-corrected chi connectivity index (χ4v) is 2.62. The Kier molecular flexibility index (Phi) is 6.14. The number of carbonyl (C=O) groups excluding carboxylic acids is 1. The van der Waals surface area contributed by atoms with Gasteiger partial charge in [-0.3, -0.25) is 10.1 Å². The highest BCUT2D eigenvalue weighted by Crippen LogP contribution is 2.16. The fourth-order valence-electron chi connectivity index (χ4n) is 1.78. The molecule has 0 bridgehead atoms. The van der Waals surface area contributed by atoms with Crippen LogP contribution in [0.3, 0.4) is 0 Å². The SMILES string of the molecule is CCOc1ccc(NC(=S)NC(=O)c2ccccc2I)cc1. The van der Waals surface area contributed by atoms with E-state index in [0.29, 0.717) is 12.2 Å². The number of benzene rings is 2. The molecule has 0 aliphatic carbocycles. The number of thiocarbonyl (C=S) groups is 1. The van der Waals surface area contributed by atoms with E-state index in [1.807, 2.05) is 49.4 Å². The monoisotopic (exact) mass is 426 g/mol. The smallest absolute Gasteiger partial charge is 0.258 e. The van der Waals surface area contributed by atoms with E-state index in [1.165, 1.54) is 0 Å². The molecular weight excluding hydrogens is 411 g/mol. The maximum absolute atomic E-state index is 12.1. The summed E-state index contributed by atoms with van der Waals surface area (Å²) in [6, 6.07) is 14.7. The molecule has 2 aromatic rings. The number of hydrogen-bond donors (Lipinski definition) is 2. The van der Waals surface area contributed by atoms with Crippen molar-refractivity contribution >= 4 is 51.5 Å². The normalized spacial score (nSPS) is 9.91. The molecule has 2 N–H and O–H groups in total. The van der Waals surface area contributed by atoms with Gasteiger partial charge in [0.1, 0.15) is 5.75 Å². The minimum absolute atomic E-state index is 0.228. The molecule has 0 unspecified atom stereocenters. The van der Waals surface area contributed by atoms with E-state index in [0.717, 1.165) is 15.0 Å². The molecule has 0 saturated carbocycles. The van der Waals surface area contributed by atoms with Crippen LogP contribution in [-0.4, -0.2) is 17.6 Å². The van der Waals surface area contributed by atoms with Gasteiger partial charge in [-0.05, 0) is 78.1 Å². The highest BCUT2D eigenvalue weighted by atomic mass is 127. The van der Waals surface area contributed by atoms with Gasteiger partial charge in [-0.25, -0.2) is 0 Å². The lowest BCUT2D eigenvalue weighted by atomic mass is 10.2. The number of amides is 1. The van der Waals surface area contributed by atoms with Gasteiger partial charge in [0.2, 0.25) is 0 Å². The summed E-state index contributed by atoms with van der Waals surface area (Å²) in [6.45, 7) is 2.55. The van der Waals surface area contributed by atoms with Crippen LogP contribution >= 0.6 is 34.8 Å². The van der Waals surface area contributed by atoms with Gasteiger partial charge in [0.15, 0.2) is 5.11 Å². The Morgan fingerprint density at radius 3 is 2.50 bits per heavy atom. The molecular formula is C16H15IN2O2S. The maximum Gasteiger partial charge on any atom is 0.258 e. The fraction of sp³-hybridized carbons (Fsp3) is 0.125. The summed E-state index contributed by atoms with van der Waals surface area (Å²) >= 11 is 7.28. The summed E-state index contributed by atoms with van der Waals surface area (Å²) in [7, 11) is 0. The van der Waals surface area contributed by atoms with Crippen molar-refractivity contribution in [1.82, 2.24) is 5.32 Å². The van der Waals surface area contributed by atoms with Crippen molar-refractivity contribution in [2.45, 2.75) is 6.92 Å². The number of halogens is 1. The molecule has 0 atom stereocenters. The summed E-state index contributed by atoms with van der Waals surface area (Å²) in [6.07, 6.45) is 0. The highest BCUT2D eigenvalue weighted by Gasteiger charge is 2.10. The molecule has 0 aromatic heterocycles. The van der Waals surface area contributed by atoms with E-state index in [1.54, 1.807) is 6.07 Å². The maximum atomic E-state index is 12.1. The van der Waals surface area contributed by atoms with Gasteiger partial charge in [0, 0.05) is 9.26 Å². The molecule has 4 nitrogen and oxygen atoms in total. The Labute approximate surface area is 148 Å². The van der Waals surface area contributed by atoms with E-state index in [9.17, 15) is 4.79 Å². The molecule has 2 rings (SSSR count). The summed E-state index contributed by atoms with van der Waals surface area (Å²) in [5.74, 6) is 0.565. The van der Waals surface area contributed by atoms with Gasteiger partial charge in [-0.15, -0.1) is 0 Å². The largest absolute Gasteiger partial charge is 0.494 e. The Balaban J connectivity index is 1.95. The van der Waals surface area contributed by atoms with Crippen LogP contribution in [0, 0.1) is 3.57 Å². The summed E-state index contributed by atoms with van der Waals surface area (Å²) in [4.78, 5) is 12.1. The summed E-state index contributed by atoms with van der Waals surface area (Å²) in [5, 5.41) is 5.90. The zero-order valence-corrected chi connectivity index (χ0v) is 14.9. The molecule has 0 fully saturated rings. The topological polar surface area (TPSA) is 50.4 Å². The molecule has 0 spiro atoms. The van der Waals surface area contributed by atoms with Crippen LogP contribution in [0.4, 0.5) is 5.69 Å². The van der Waals surface area contributed by atoms with E-state index in [2.05, 4.69) is 33.2 Å². The van der Waals surface area contributed by atoms with Crippen LogP contribution in [0.2, 0.25) is 0 Å². The highest BCUT2D eigenvalue weighted by molar-refractivity contribution is 14.1. The summed E-state index contributed by atoms with van der Waals surface area (Å²) in [5.41, 5.74) is 1.38. The second-order valence-electron chi connectivity index (χ2n) is 4.35. The van der Waals surface area contributed by atoms with Crippen LogP contribution in [0.25, 0.3) is 0 Å². The lowest BCUT2D eigenvalue weighted by molar-refractivity contribution is 0.0977. The Morgan fingerprint density at radius 2 is 1.86 bits per heavy atom. The number of nitrogens with one attached hydrogen (secondary N) is 2. The zero-order valence-electron chi connectivity index (χ0n) is 11.9. The minimum Gasteiger partial charge on any atom is -0.494 e. The minimum atomic E-state index is -0.228. The molecule has 6 heteroatoms. The molecule has 22 heavy (non-hydrogen) atoms. The number of carbonyl (C=O) groups is 1. The van der Waals surface area contributed by atoms with Crippen molar-refractivity contribution in [3.05, 3.63) is 57.7 Å². The molecule has 0 aliphatic rings. The van der Waals surface area contributed by atoms with E-state index in [4.69, 9.17) is 17.0 Å². The van der Waals surface area contributed by atoms with Crippen molar-refractivity contribution in [1.29, 1.82) is 0 Å². The van der Waals surface area contributed by atoms with Crippen molar-refractivity contribution < 1.29 is 9.53 Å². The average molecular weight is 426 g/mol. The quantitative estimate of drug-likeness (QED) is 0.577. The lowest BCUT2D eigenvalue weighted by Crippen LogP contribution is -2.34. The van der Waals surface area contributed by atoms with Gasteiger partial charge >= 0.3 is 0 Å². The second kappa shape index (κ2) is 8.09. The van der Waals surface area contributed by atoms with Crippen molar-refractivity contribution in [2.24, 2.45) is 0 Å². The van der Waals surface area contributed by atoms with Gasteiger partial charge < -0.3 is 10.1 Å². The Bertz CT molecular complexity index is 674. The number of hydrogen-bond acceptors (Lipinski definition) is 3. The Hall–Kier alpha value is -1.67. The van der Waals surface area contributed by atoms with Crippen LogP contribution in [0.5, 0.6) is 5.75 Å². The van der Waals surface area contributed by atoms with E-state index < -0.39 is 0 Å². The predicted octanol–water partition coefficient (Wildman–Crippen LogP) is 3.82. The van der Waals surface area contributed by atoms with Crippen molar-refractivity contribution in [3.63, 3.8) is 0 Å². The predicted molar refractivity (Wildman–Crippen MR) is 100 cm³/mol. The molecule has 0 radical (unpaired) electrons. The third-order valence-corrected chi connectivity index (χ3v) is 3.91. The number of rotatable bonds is 4. The van der Waals surface area contributed by atoms with Crippen LogP contribution in [-0.2, 0) is 0 Å². The van der Waals surface area contributed by atoms with Gasteiger partial charge in [-0.2, -0.15) is 0 Å². The third-order valence-electron chi connectivity index (χ3n) is 2.77. The van der Waals surface area contributed by atoms with Crippen LogP contribution in [0.15, 0.2) is 48.5 Å². The molecule has 0 saturated heterocycles.